The van der Waals surface area contributed by atoms with Crippen LogP contribution in [0.15, 0.2) is 235 Å². The van der Waals surface area contributed by atoms with E-state index in [9.17, 15) is 0 Å². The Morgan fingerprint density at radius 1 is 0.418 bits per heavy atom. The number of aromatic nitrogens is 4. The van der Waals surface area contributed by atoms with Crippen molar-refractivity contribution in [3.8, 4) is 34.0 Å². The molecule has 0 aliphatic carbocycles. The summed E-state index contributed by atoms with van der Waals surface area (Å²) in [6, 6.07) is 83.7. The van der Waals surface area contributed by atoms with Crippen molar-refractivity contribution < 1.29 is 0 Å². The Hall–Kier alpha value is -8.25. The van der Waals surface area contributed by atoms with Gasteiger partial charge in [0.1, 0.15) is 0 Å². The number of benzene rings is 10. The van der Waals surface area contributed by atoms with Crippen LogP contribution in [0.3, 0.4) is 0 Å². The summed E-state index contributed by atoms with van der Waals surface area (Å²) in [7, 11) is 0. The number of rotatable bonds is 6. The second-order valence-electron chi connectivity index (χ2n) is 17.6. The molecule has 13 aromatic rings. The van der Waals surface area contributed by atoms with Crippen molar-refractivity contribution in [2.75, 3.05) is 0 Å². The van der Waals surface area contributed by atoms with Crippen LogP contribution in [-0.2, 0) is 0 Å². The molecule has 3 aromatic heterocycles. The molecular weight excluding hydrogens is 833 g/mol. The number of para-hydroxylation sites is 3. The second-order valence-corrected chi connectivity index (χ2v) is 18.7. The summed E-state index contributed by atoms with van der Waals surface area (Å²) in [6.45, 7) is 0. The molecule has 2 atom stereocenters. The van der Waals surface area contributed by atoms with E-state index in [1.807, 2.05) is 11.8 Å². The lowest BCUT2D eigenvalue weighted by Gasteiger charge is -2.20. The first-order valence-corrected chi connectivity index (χ1v) is 23.9. The van der Waals surface area contributed by atoms with Crippen LogP contribution in [0, 0.1) is 0 Å². The first kappa shape index (κ1) is 38.1. The molecule has 14 rings (SSSR count). The van der Waals surface area contributed by atoms with Gasteiger partial charge in [-0.2, -0.15) is 0 Å². The van der Waals surface area contributed by atoms with Crippen molar-refractivity contribution in [1.82, 2.24) is 19.1 Å². The van der Waals surface area contributed by atoms with Crippen LogP contribution >= 0.6 is 11.8 Å². The van der Waals surface area contributed by atoms with Crippen molar-refractivity contribution >= 4 is 77.0 Å². The van der Waals surface area contributed by atoms with E-state index in [4.69, 9.17) is 9.97 Å². The van der Waals surface area contributed by atoms with Crippen LogP contribution < -0.4 is 0 Å². The van der Waals surface area contributed by atoms with E-state index >= 15 is 0 Å². The van der Waals surface area contributed by atoms with E-state index in [0.717, 1.165) is 60.6 Å². The highest BCUT2D eigenvalue weighted by atomic mass is 32.2. The van der Waals surface area contributed by atoms with Gasteiger partial charge in [-0.1, -0.05) is 194 Å². The zero-order chi connectivity index (χ0) is 44.0. The summed E-state index contributed by atoms with van der Waals surface area (Å²) in [6.07, 6.45) is 0. The van der Waals surface area contributed by atoms with Crippen LogP contribution in [-0.4, -0.2) is 19.1 Å². The molecule has 314 valence electrons. The van der Waals surface area contributed by atoms with E-state index in [2.05, 4.69) is 240 Å². The largest absolute Gasteiger partial charge is 0.309 e. The van der Waals surface area contributed by atoms with E-state index < -0.39 is 0 Å². The topological polar surface area (TPSA) is 35.6 Å². The zero-order valence-electron chi connectivity index (χ0n) is 36.3. The quantitative estimate of drug-likeness (QED) is 0.167. The summed E-state index contributed by atoms with van der Waals surface area (Å²) in [4.78, 5) is 12.6. The van der Waals surface area contributed by atoms with Gasteiger partial charge < -0.3 is 4.57 Å². The molecule has 0 saturated heterocycles. The lowest BCUT2D eigenvalue weighted by Crippen LogP contribution is -2.06. The normalized spacial score (nSPS) is 14.8. The van der Waals surface area contributed by atoms with Gasteiger partial charge in [0.2, 0.25) is 5.95 Å². The minimum atomic E-state index is 0.175. The van der Waals surface area contributed by atoms with Gasteiger partial charge in [0.25, 0.3) is 0 Å². The van der Waals surface area contributed by atoms with Crippen LogP contribution in [0.5, 0.6) is 0 Å². The smallest absolute Gasteiger partial charge is 0.235 e. The highest BCUT2D eigenvalue weighted by Gasteiger charge is 2.38. The Bertz CT molecular complexity index is 4070. The molecule has 10 aromatic carbocycles. The second kappa shape index (κ2) is 15.2. The van der Waals surface area contributed by atoms with E-state index in [1.54, 1.807) is 0 Å². The van der Waals surface area contributed by atoms with Crippen LogP contribution in [0.4, 0.5) is 0 Å². The minimum absolute atomic E-state index is 0.175. The maximum Gasteiger partial charge on any atom is 0.235 e. The fraction of sp³-hybridized carbons (Fsp3) is 0.0323. The molecule has 2 unspecified atom stereocenters. The lowest BCUT2D eigenvalue weighted by molar-refractivity contribution is 0.798. The Kier molecular flexibility index (Phi) is 8.61. The summed E-state index contributed by atoms with van der Waals surface area (Å²) in [5.41, 5.74) is 14.9. The van der Waals surface area contributed by atoms with E-state index in [-0.39, 0.29) is 11.2 Å². The number of hydrogen-bond donors (Lipinski definition) is 0. The highest BCUT2D eigenvalue weighted by molar-refractivity contribution is 8.00. The molecule has 0 spiro atoms. The van der Waals surface area contributed by atoms with E-state index in [0.29, 0.717) is 5.95 Å². The summed E-state index contributed by atoms with van der Waals surface area (Å²) in [5.74, 6) is 0.831. The average Bonchev–Trinajstić information content (AvgIpc) is 4.08. The summed E-state index contributed by atoms with van der Waals surface area (Å²) in [5, 5.41) is 8.43. The van der Waals surface area contributed by atoms with Crippen LogP contribution in [0.25, 0.3) is 99.3 Å². The van der Waals surface area contributed by atoms with Crippen molar-refractivity contribution in [3.05, 3.63) is 247 Å². The minimum Gasteiger partial charge on any atom is -0.309 e. The van der Waals surface area contributed by atoms with Crippen molar-refractivity contribution in [3.63, 3.8) is 0 Å². The third kappa shape index (κ3) is 5.88. The van der Waals surface area contributed by atoms with Crippen molar-refractivity contribution in [2.45, 2.75) is 16.1 Å². The predicted octanol–water partition coefficient (Wildman–Crippen LogP) is 16.3. The molecule has 0 bridgehead atoms. The monoisotopic (exact) mass is 872 g/mol. The first-order chi connectivity index (χ1) is 33.3. The number of hydrogen-bond acceptors (Lipinski definition) is 3. The maximum atomic E-state index is 5.72. The Labute approximate surface area is 391 Å². The van der Waals surface area contributed by atoms with Gasteiger partial charge in [0, 0.05) is 65.2 Å². The summed E-state index contributed by atoms with van der Waals surface area (Å²) < 4.78 is 4.75. The molecule has 5 heteroatoms. The Morgan fingerprint density at radius 3 is 1.88 bits per heavy atom. The fourth-order valence-electron chi connectivity index (χ4n) is 11.0. The van der Waals surface area contributed by atoms with Gasteiger partial charge in [-0.05, 0) is 64.0 Å². The molecule has 67 heavy (non-hydrogen) atoms. The number of fused-ring (bicyclic) bond motifs is 11. The third-order valence-electron chi connectivity index (χ3n) is 13.9. The predicted molar refractivity (Wildman–Crippen MR) is 280 cm³/mol. The standard InChI is InChI=1S/C62H40N4S/c1-5-19-40(20-6-1)55-50-35-36-52-56(61(50)67-60(55)42-23-9-3-10-24-42)57(41-21-7-2-8-22-41)64-62(63-52)66-54-37-33-43(38-51(54)49-34-32-39-18-13-14-27-45(39)59(49)66)46-29-17-30-48-47-28-15-16-31-53(47)65(58(46)48)44-25-11-4-12-26-44/h1-38,55,60H. The molecule has 1 aliphatic rings. The van der Waals surface area contributed by atoms with Gasteiger partial charge in [-0.15, -0.1) is 11.8 Å². The van der Waals surface area contributed by atoms with Crippen LogP contribution in [0.2, 0.25) is 0 Å². The van der Waals surface area contributed by atoms with Gasteiger partial charge in [-0.25, -0.2) is 9.97 Å². The molecule has 0 radical (unpaired) electrons. The van der Waals surface area contributed by atoms with E-state index in [1.165, 1.54) is 54.3 Å². The maximum absolute atomic E-state index is 5.72. The molecule has 0 saturated carbocycles. The molecule has 0 N–H and O–H groups in total. The van der Waals surface area contributed by atoms with Crippen molar-refractivity contribution in [1.29, 1.82) is 0 Å². The lowest BCUT2D eigenvalue weighted by atomic mass is 9.85. The molecule has 4 nitrogen and oxygen atoms in total. The average molecular weight is 873 g/mol. The first-order valence-electron chi connectivity index (χ1n) is 23.0. The van der Waals surface area contributed by atoms with Gasteiger partial charge in [0.05, 0.1) is 33.3 Å². The Balaban J connectivity index is 1.03. The van der Waals surface area contributed by atoms with Crippen LogP contribution in [0.1, 0.15) is 27.9 Å². The van der Waals surface area contributed by atoms with Gasteiger partial charge >= 0.3 is 0 Å². The van der Waals surface area contributed by atoms with Crippen molar-refractivity contribution in [2.24, 2.45) is 0 Å². The molecule has 1 aliphatic heterocycles. The highest BCUT2D eigenvalue weighted by Crippen LogP contribution is 2.59. The Morgan fingerprint density at radius 2 is 1.07 bits per heavy atom. The molecule has 0 fully saturated rings. The van der Waals surface area contributed by atoms with Gasteiger partial charge in [-0.3, -0.25) is 4.57 Å². The fourth-order valence-corrected chi connectivity index (χ4v) is 12.6. The van der Waals surface area contributed by atoms with Gasteiger partial charge in [0.15, 0.2) is 0 Å². The molecule has 0 amide bonds. The third-order valence-corrected chi connectivity index (χ3v) is 15.4. The number of nitrogens with zero attached hydrogens (tertiary/aromatic N) is 4. The SMILES string of the molecule is c1ccc(-c2nc(-n3c4ccc(-c5cccc6c7ccccc7n(-c7ccccc7)c56)cc4c4ccc5ccccc5c43)nc3ccc4c(c23)SC(c2ccccc2)C4c2ccccc2)cc1. The molecule has 4 heterocycles. The zero-order valence-corrected chi connectivity index (χ0v) is 37.1. The summed E-state index contributed by atoms with van der Waals surface area (Å²) >= 11 is 1.95. The number of thioether (sulfide) groups is 1. The molecular formula is C62H40N4S.